The number of fused-ring (bicyclic) bond motifs is 4. The van der Waals surface area contributed by atoms with E-state index in [2.05, 4.69) is 107 Å². The van der Waals surface area contributed by atoms with Crippen LogP contribution < -0.4 is 0 Å². The molecule has 0 unspecified atom stereocenters. The number of pyridine rings is 1. The molecule has 4 aromatic heterocycles. The molecule has 0 amide bonds. The standard InChI is InChI=1S/C34H21N3OS/c1-3-14-30-25(10-1)26-18-17-23(34-36-28-11-2-4-15-32(28)38-34)21-31(26)37(30)24-9-5-8-22(20-24)27-12-6-13-29(35-27)33-16-7-19-39-33/h1-21H. The van der Waals surface area contributed by atoms with Gasteiger partial charge in [-0.3, -0.25) is 0 Å². The fourth-order valence-electron chi connectivity index (χ4n) is 5.34. The molecule has 0 atom stereocenters. The minimum absolute atomic E-state index is 0.623. The molecule has 0 spiro atoms. The van der Waals surface area contributed by atoms with Gasteiger partial charge in [0.2, 0.25) is 5.89 Å². The minimum Gasteiger partial charge on any atom is -0.436 e. The highest BCUT2D eigenvalue weighted by molar-refractivity contribution is 7.13. The van der Waals surface area contributed by atoms with Gasteiger partial charge in [0.25, 0.3) is 0 Å². The SMILES string of the molecule is c1cc(-c2cccc(-c3cccs3)n2)cc(-n2c3ccccc3c3ccc(-c4nc5ccccc5o4)cc32)c1. The van der Waals surface area contributed by atoms with Crippen LogP contribution in [0.3, 0.4) is 0 Å². The van der Waals surface area contributed by atoms with E-state index in [0.29, 0.717) is 5.89 Å². The molecule has 8 aromatic rings. The van der Waals surface area contributed by atoms with Crippen molar-refractivity contribution in [2.45, 2.75) is 0 Å². The summed E-state index contributed by atoms with van der Waals surface area (Å²) in [5.74, 6) is 0.623. The third-order valence-corrected chi connectivity index (χ3v) is 8.03. The highest BCUT2D eigenvalue weighted by Crippen LogP contribution is 2.36. The van der Waals surface area contributed by atoms with E-state index in [-0.39, 0.29) is 0 Å². The maximum absolute atomic E-state index is 6.11. The summed E-state index contributed by atoms with van der Waals surface area (Å²) in [5, 5.41) is 4.48. The largest absolute Gasteiger partial charge is 0.436 e. The van der Waals surface area contributed by atoms with Crippen LogP contribution in [0.2, 0.25) is 0 Å². The van der Waals surface area contributed by atoms with Gasteiger partial charge in [0, 0.05) is 27.6 Å². The Balaban J connectivity index is 1.31. The number of aromatic nitrogens is 3. The molecule has 0 N–H and O–H groups in total. The number of para-hydroxylation sites is 3. The summed E-state index contributed by atoms with van der Waals surface area (Å²) in [6, 6.07) is 41.9. The van der Waals surface area contributed by atoms with E-state index in [1.54, 1.807) is 11.3 Å². The van der Waals surface area contributed by atoms with Gasteiger partial charge in [0.1, 0.15) is 5.52 Å². The lowest BCUT2D eigenvalue weighted by Gasteiger charge is -2.11. The molecule has 0 aliphatic rings. The van der Waals surface area contributed by atoms with Crippen molar-refractivity contribution in [1.29, 1.82) is 0 Å². The second kappa shape index (κ2) is 8.79. The lowest BCUT2D eigenvalue weighted by atomic mass is 10.1. The average Bonchev–Trinajstić information content (AvgIpc) is 3.75. The Morgan fingerprint density at radius 2 is 1.44 bits per heavy atom. The third-order valence-electron chi connectivity index (χ3n) is 7.14. The monoisotopic (exact) mass is 519 g/mol. The number of hydrogen-bond acceptors (Lipinski definition) is 4. The summed E-state index contributed by atoms with van der Waals surface area (Å²) in [6.07, 6.45) is 0. The highest BCUT2D eigenvalue weighted by Gasteiger charge is 2.16. The smallest absolute Gasteiger partial charge is 0.227 e. The molecule has 4 aromatic carbocycles. The predicted octanol–water partition coefficient (Wildman–Crippen LogP) is 9.38. The van der Waals surface area contributed by atoms with Crippen molar-refractivity contribution in [2.24, 2.45) is 0 Å². The first-order valence-corrected chi connectivity index (χ1v) is 13.7. The lowest BCUT2D eigenvalue weighted by Crippen LogP contribution is -1.95. The van der Waals surface area contributed by atoms with Crippen LogP contribution in [0.1, 0.15) is 0 Å². The number of oxazole rings is 1. The van der Waals surface area contributed by atoms with Crippen molar-refractivity contribution in [2.75, 3.05) is 0 Å². The molecule has 4 nitrogen and oxygen atoms in total. The molecule has 4 heterocycles. The molecule has 0 aliphatic heterocycles. The van der Waals surface area contributed by atoms with Crippen LogP contribution in [0, 0.1) is 0 Å². The van der Waals surface area contributed by atoms with Crippen LogP contribution in [0.15, 0.2) is 131 Å². The van der Waals surface area contributed by atoms with Gasteiger partial charge in [-0.15, -0.1) is 11.3 Å². The molecule has 0 fully saturated rings. The van der Waals surface area contributed by atoms with E-state index in [1.165, 1.54) is 15.6 Å². The molecular formula is C34H21N3OS. The molecule has 0 bridgehead atoms. The molecule has 5 heteroatoms. The van der Waals surface area contributed by atoms with Crippen molar-refractivity contribution in [1.82, 2.24) is 14.5 Å². The van der Waals surface area contributed by atoms with Crippen LogP contribution in [0.4, 0.5) is 0 Å². The first kappa shape index (κ1) is 22.0. The number of benzene rings is 4. The number of rotatable bonds is 4. The Hall–Kier alpha value is -5.00. The average molecular weight is 520 g/mol. The molecule has 0 saturated carbocycles. The Morgan fingerprint density at radius 3 is 2.36 bits per heavy atom. The summed E-state index contributed by atoms with van der Waals surface area (Å²) in [4.78, 5) is 10.9. The zero-order valence-corrected chi connectivity index (χ0v) is 21.6. The van der Waals surface area contributed by atoms with E-state index in [0.717, 1.165) is 50.3 Å². The number of thiophene rings is 1. The van der Waals surface area contributed by atoms with E-state index >= 15 is 0 Å². The van der Waals surface area contributed by atoms with Crippen LogP contribution >= 0.6 is 11.3 Å². The van der Waals surface area contributed by atoms with Gasteiger partial charge in [0.15, 0.2) is 5.58 Å². The van der Waals surface area contributed by atoms with Crippen molar-refractivity contribution in [3.8, 4) is 39.0 Å². The van der Waals surface area contributed by atoms with E-state index in [1.807, 2.05) is 24.3 Å². The lowest BCUT2D eigenvalue weighted by molar-refractivity contribution is 0.620. The number of nitrogens with zero attached hydrogens (tertiary/aromatic N) is 3. The summed E-state index contributed by atoms with van der Waals surface area (Å²) in [7, 11) is 0. The second-order valence-corrected chi connectivity index (χ2v) is 10.5. The molecule has 0 radical (unpaired) electrons. The Morgan fingerprint density at radius 1 is 0.590 bits per heavy atom. The van der Waals surface area contributed by atoms with Gasteiger partial charge in [-0.25, -0.2) is 9.97 Å². The highest BCUT2D eigenvalue weighted by atomic mass is 32.1. The quantitative estimate of drug-likeness (QED) is 0.233. The van der Waals surface area contributed by atoms with Crippen molar-refractivity contribution in [3.63, 3.8) is 0 Å². The summed E-state index contributed by atoms with van der Waals surface area (Å²) in [6.45, 7) is 0. The van der Waals surface area contributed by atoms with E-state index in [9.17, 15) is 0 Å². The van der Waals surface area contributed by atoms with Crippen LogP contribution in [0.25, 0.3) is 71.9 Å². The van der Waals surface area contributed by atoms with Crippen molar-refractivity contribution in [3.05, 3.63) is 127 Å². The van der Waals surface area contributed by atoms with Crippen molar-refractivity contribution < 1.29 is 4.42 Å². The zero-order valence-electron chi connectivity index (χ0n) is 20.8. The molecule has 8 rings (SSSR count). The van der Waals surface area contributed by atoms with E-state index < -0.39 is 0 Å². The summed E-state index contributed by atoms with van der Waals surface area (Å²) >= 11 is 1.71. The first-order chi connectivity index (χ1) is 19.3. The molecular weight excluding hydrogens is 498 g/mol. The number of hydrogen-bond donors (Lipinski definition) is 0. The maximum atomic E-state index is 6.11. The topological polar surface area (TPSA) is 43.9 Å². The minimum atomic E-state index is 0.623. The maximum Gasteiger partial charge on any atom is 0.227 e. The normalized spacial score (nSPS) is 11.6. The molecule has 0 saturated heterocycles. The Bertz CT molecular complexity index is 2100. The van der Waals surface area contributed by atoms with Gasteiger partial charge < -0.3 is 8.98 Å². The van der Waals surface area contributed by atoms with Gasteiger partial charge in [0.05, 0.1) is 27.3 Å². The summed E-state index contributed by atoms with van der Waals surface area (Å²) in [5.41, 5.74) is 8.96. The fraction of sp³-hybridized carbons (Fsp3) is 0. The second-order valence-electron chi connectivity index (χ2n) is 9.51. The fourth-order valence-corrected chi connectivity index (χ4v) is 6.03. The van der Waals surface area contributed by atoms with Gasteiger partial charge >= 0.3 is 0 Å². The zero-order chi connectivity index (χ0) is 25.8. The van der Waals surface area contributed by atoms with Gasteiger partial charge in [-0.05, 0) is 66.0 Å². The van der Waals surface area contributed by atoms with Crippen molar-refractivity contribution >= 4 is 44.2 Å². The molecule has 0 aliphatic carbocycles. The molecule has 184 valence electrons. The van der Waals surface area contributed by atoms with Crippen LogP contribution in [0.5, 0.6) is 0 Å². The van der Waals surface area contributed by atoms with Gasteiger partial charge in [-0.1, -0.05) is 60.7 Å². The third kappa shape index (κ3) is 3.67. The van der Waals surface area contributed by atoms with Gasteiger partial charge in [-0.2, -0.15) is 0 Å². The van der Waals surface area contributed by atoms with Crippen LogP contribution in [-0.4, -0.2) is 14.5 Å². The molecule has 39 heavy (non-hydrogen) atoms. The Labute approximate surface area is 228 Å². The predicted molar refractivity (Wildman–Crippen MR) is 160 cm³/mol. The summed E-state index contributed by atoms with van der Waals surface area (Å²) < 4.78 is 8.44. The Kier molecular flexibility index (Phi) is 4.96. The van der Waals surface area contributed by atoms with E-state index in [4.69, 9.17) is 14.4 Å². The van der Waals surface area contributed by atoms with Crippen LogP contribution in [-0.2, 0) is 0 Å². The first-order valence-electron chi connectivity index (χ1n) is 12.8.